The van der Waals surface area contributed by atoms with Crippen LogP contribution >= 0.6 is 0 Å². The van der Waals surface area contributed by atoms with Crippen LogP contribution in [0.3, 0.4) is 0 Å². The van der Waals surface area contributed by atoms with Crippen LogP contribution < -0.4 is 9.47 Å². The van der Waals surface area contributed by atoms with E-state index in [-0.39, 0.29) is 41.2 Å². The van der Waals surface area contributed by atoms with Crippen LogP contribution in [0.5, 0.6) is 11.5 Å². The number of sulfone groups is 1. The SMILES string of the molecule is CC(C)Oc1ccc(S(C)(=O)=O)cc1C(=O)N1CC(Oc2cccc(C(F)(F)F)c2)C1. The van der Waals surface area contributed by atoms with Gasteiger partial charge in [0, 0.05) is 6.26 Å². The average Bonchev–Trinajstić information content (AvgIpc) is 2.62. The summed E-state index contributed by atoms with van der Waals surface area (Å²) in [4.78, 5) is 14.4. The van der Waals surface area contributed by atoms with E-state index in [1.807, 2.05) is 0 Å². The quantitative estimate of drug-likeness (QED) is 0.660. The minimum absolute atomic E-state index is 0.00996. The third-order valence-electron chi connectivity index (χ3n) is 4.57. The first-order valence-electron chi connectivity index (χ1n) is 9.48. The van der Waals surface area contributed by atoms with Crippen molar-refractivity contribution in [2.24, 2.45) is 0 Å². The lowest BCUT2D eigenvalue weighted by atomic mass is 10.1. The number of nitrogens with zero attached hydrogens (tertiary/aromatic N) is 1. The van der Waals surface area contributed by atoms with Crippen molar-refractivity contribution in [2.45, 2.75) is 37.1 Å². The Morgan fingerprint density at radius 2 is 1.81 bits per heavy atom. The molecule has 0 atom stereocenters. The lowest BCUT2D eigenvalue weighted by Crippen LogP contribution is -2.56. The molecule has 1 aliphatic heterocycles. The van der Waals surface area contributed by atoms with Crippen LogP contribution in [0.4, 0.5) is 13.2 Å². The number of benzene rings is 2. The molecular formula is C21H22F3NO5S. The zero-order valence-electron chi connectivity index (χ0n) is 17.1. The van der Waals surface area contributed by atoms with Crippen LogP contribution in [0.2, 0.25) is 0 Å². The molecule has 1 saturated heterocycles. The van der Waals surface area contributed by atoms with Gasteiger partial charge in [0.2, 0.25) is 0 Å². The normalized spacial score (nSPS) is 15.0. The first kappa shape index (κ1) is 22.9. The van der Waals surface area contributed by atoms with E-state index in [2.05, 4.69) is 0 Å². The molecule has 0 N–H and O–H groups in total. The lowest BCUT2D eigenvalue weighted by molar-refractivity contribution is -0.137. The summed E-state index contributed by atoms with van der Waals surface area (Å²) in [7, 11) is -3.53. The van der Waals surface area contributed by atoms with Gasteiger partial charge in [-0.15, -0.1) is 0 Å². The predicted octanol–water partition coefficient (Wildman–Crippen LogP) is 3.80. The predicted molar refractivity (Wildman–Crippen MR) is 107 cm³/mol. The van der Waals surface area contributed by atoms with Crippen molar-refractivity contribution >= 4 is 15.7 Å². The Balaban J connectivity index is 1.73. The van der Waals surface area contributed by atoms with Gasteiger partial charge in [-0.25, -0.2) is 8.42 Å². The second-order valence-corrected chi connectivity index (χ2v) is 9.59. The van der Waals surface area contributed by atoms with Crippen molar-refractivity contribution in [3.8, 4) is 11.5 Å². The maximum atomic E-state index is 12.9. The highest BCUT2D eigenvalue weighted by atomic mass is 32.2. The lowest BCUT2D eigenvalue weighted by Gasteiger charge is -2.39. The molecule has 6 nitrogen and oxygen atoms in total. The van der Waals surface area contributed by atoms with Crippen molar-refractivity contribution < 1.29 is 35.9 Å². The molecule has 31 heavy (non-hydrogen) atoms. The Kier molecular flexibility index (Phi) is 6.22. The van der Waals surface area contributed by atoms with Gasteiger partial charge in [-0.1, -0.05) is 6.07 Å². The second kappa shape index (κ2) is 8.41. The zero-order chi connectivity index (χ0) is 23.0. The topological polar surface area (TPSA) is 72.9 Å². The van der Waals surface area contributed by atoms with Crippen LogP contribution in [0.25, 0.3) is 0 Å². The van der Waals surface area contributed by atoms with Gasteiger partial charge < -0.3 is 14.4 Å². The van der Waals surface area contributed by atoms with E-state index in [1.54, 1.807) is 13.8 Å². The Labute approximate surface area is 178 Å². The van der Waals surface area contributed by atoms with Crippen LogP contribution in [-0.4, -0.2) is 50.8 Å². The standard InChI is InChI=1S/C21H22F3NO5S/c1-13(2)29-19-8-7-17(31(3,27)28)10-18(19)20(26)25-11-16(12-25)30-15-6-4-5-14(9-15)21(22,23)24/h4-10,13,16H,11-12H2,1-3H3. The Morgan fingerprint density at radius 3 is 2.39 bits per heavy atom. The third kappa shape index (κ3) is 5.49. The van der Waals surface area contributed by atoms with Gasteiger partial charge in [-0.2, -0.15) is 13.2 Å². The van der Waals surface area contributed by atoms with Crippen molar-refractivity contribution in [3.63, 3.8) is 0 Å². The summed E-state index contributed by atoms with van der Waals surface area (Å²) >= 11 is 0. The van der Waals surface area contributed by atoms with E-state index < -0.39 is 33.6 Å². The molecule has 1 fully saturated rings. The molecule has 0 spiro atoms. The summed E-state index contributed by atoms with van der Waals surface area (Å²) in [5.74, 6) is -0.116. The highest BCUT2D eigenvalue weighted by molar-refractivity contribution is 7.90. The first-order valence-corrected chi connectivity index (χ1v) is 11.4. The number of halogens is 3. The molecule has 168 valence electrons. The van der Waals surface area contributed by atoms with Crippen LogP contribution in [0, 0.1) is 0 Å². The highest BCUT2D eigenvalue weighted by Crippen LogP contribution is 2.32. The summed E-state index contributed by atoms with van der Waals surface area (Å²) in [6, 6.07) is 8.63. The molecule has 3 rings (SSSR count). The summed E-state index contributed by atoms with van der Waals surface area (Å²) in [6.45, 7) is 3.86. The average molecular weight is 457 g/mol. The van der Waals surface area contributed by atoms with Crippen molar-refractivity contribution in [1.82, 2.24) is 4.90 Å². The highest BCUT2D eigenvalue weighted by Gasteiger charge is 2.35. The number of likely N-dealkylation sites (tertiary alicyclic amines) is 1. The molecule has 0 saturated carbocycles. The monoisotopic (exact) mass is 457 g/mol. The molecule has 0 unspecified atom stereocenters. The maximum absolute atomic E-state index is 12.9. The molecule has 1 aliphatic rings. The van der Waals surface area contributed by atoms with Gasteiger partial charge in [0.05, 0.1) is 35.2 Å². The van der Waals surface area contributed by atoms with Gasteiger partial charge in [0.1, 0.15) is 17.6 Å². The molecule has 2 aromatic carbocycles. The zero-order valence-corrected chi connectivity index (χ0v) is 18.0. The van der Waals surface area contributed by atoms with Crippen LogP contribution in [0.15, 0.2) is 47.4 Å². The number of carbonyl (C=O) groups is 1. The number of ether oxygens (including phenoxy) is 2. The van der Waals surface area contributed by atoms with Gasteiger partial charge in [-0.3, -0.25) is 4.79 Å². The largest absolute Gasteiger partial charge is 0.490 e. The number of carbonyl (C=O) groups excluding carboxylic acids is 1. The molecule has 10 heteroatoms. The molecule has 2 aromatic rings. The second-order valence-electron chi connectivity index (χ2n) is 7.57. The molecule has 0 radical (unpaired) electrons. The third-order valence-corrected chi connectivity index (χ3v) is 5.68. The fraction of sp³-hybridized carbons (Fsp3) is 0.381. The molecule has 0 aromatic heterocycles. The fourth-order valence-electron chi connectivity index (χ4n) is 3.05. The minimum atomic E-state index is -4.47. The van der Waals surface area contributed by atoms with Crippen LogP contribution in [-0.2, 0) is 16.0 Å². The number of rotatable bonds is 6. The van der Waals surface area contributed by atoms with Gasteiger partial charge in [0.15, 0.2) is 9.84 Å². The molecular weight excluding hydrogens is 435 g/mol. The molecule has 0 bridgehead atoms. The van der Waals surface area contributed by atoms with E-state index in [9.17, 15) is 26.4 Å². The molecule has 1 amide bonds. The minimum Gasteiger partial charge on any atom is -0.490 e. The number of amides is 1. The van der Waals surface area contributed by atoms with Crippen molar-refractivity contribution in [3.05, 3.63) is 53.6 Å². The van der Waals surface area contributed by atoms with E-state index >= 15 is 0 Å². The Bertz CT molecular complexity index is 1080. The van der Waals surface area contributed by atoms with E-state index in [1.165, 1.54) is 35.2 Å². The number of alkyl halides is 3. The summed E-state index contributed by atoms with van der Waals surface area (Å²) < 4.78 is 73.5. The van der Waals surface area contributed by atoms with Gasteiger partial charge in [0.25, 0.3) is 5.91 Å². The van der Waals surface area contributed by atoms with Crippen molar-refractivity contribution in [1.29, 1.82) is 0 Å². The summed E-state index contributed by atoms with van der Waals surface area (Å²) in [5, 5.41) is 0. The smallest absolute Gasteiger partial charge is 0.416 e. The maximum Gasteiger partial charge on any atom is 0.416 e. The summed E-state index contributed by atoms with van der Waals surface area (Å²) in [5.41, 5.74) is -0.709. The van der Waals surface area contributed by atoms with E-state index in [0.717, 1.165) is 18.4 Å². The van der Waals surface area contributed by atoms with Gasteiger partial charge in [-0.05, 0) is 50.2 Å². The van der Waals surface area contributed by atoms with Gasteiger partial charge >= 0.3 is 6.18 Å². The first-order chi connectivity index (χ1) is 14.3. The Morgan fingerprint density at radius 1 is 1.13 bits per heavy atom. The number of hydrogen-bond acceptors (Lipinski definition) is 5. The molecule has 0 aliphatic carbocycles. The van der Waals surface area contributed by atoms with Crippen LogP contribution in [0.1, 0.15) is 29.8 Å². The molecule has 1 heterocycles. The van der Waals surface area contributed by atoms with Crippen molar-refractivity contribution in [2.75, 3.05) is 19.3 Å². The summed E-state index contributed by atoms with van der Waals surface area (Å²) in [6.07, 6.45) is -4.13. The fourth-order valence-corrected chi connectivity index (χ4v) is 3.70. The number of hydrogen-bond donors (Lipinski definition) is 0. The van der Waals surface area contributed by atoms with E-state index in [4.69, 9.17) is 9.47 Å². The van der Waals surface area contributed by atoms with E-state index in [0.29, 0.717) is 0 Å². The Hall–Kier alpha value is -2.75.